The Labute approximate surface area is 102 Å². The molecule has 2 rings (SSSR count). The van der Waals surface area contributed by atoms with Crippen LogP contribution in [0.3, 0.4) is 0 Å². The number of carbonyl (C=O) groups is 1. The van der Waals surface area contributed by atoms with E-state index in [1.807, 2.05) is 0 Å². The molecule has 1 aliphatic rings. The van der Waals surface area contributed by atoms with Gasteiger partial charge >= 0.3 is 6.18 Å². The van der Waals surface area contributed by atoms with Crippen LogP contribution < -0.4 is 4.90 Å². The van der Waals surface area contributed by atoms with Gasteiger partial charge in [0.05, 0.1) is 11.7 Å². The van der Waals surface area contributed by atoms with Gasteiger partial charge in [-0.15, -0.1) is 0 Å². The van der Waals surface area contributed by atoms with Gasteiger partial charge in [-0.1, -0.05) is 0 Å². The third kappa shape index (κ3) is 2.48. The first kappa shape index (κ1) is 12.9. The average Bonchev–Trinajstić information content (AvgIpc) is 2.74. The highest BCUT2D eigenvalue weighted by Gasteiger charge is 2.34. The lowest BCUT2D eigenvalue weighted by Gasteiger charge is -2.20. The maximum absolute atomic E-state index is 12.8. The minimum atomic E-state index is -4.55. The van der Waals surface area contributed by atoms with Crippen molar-refractivity contribution >= 4 is 12.0 Å². The molecule has 0 bridgehead atoms. The van der Waals surface area contributed by atoms with E-state index in [9.17, 15) is 23.1 Å². The second-order valence-corrected chi connectivity index (χ2v) is 4.28. The van der Waals surface area contributed by atoms with E-state index in [-0.39, 0.29) is 11.8 Å². The van der Waals surface area contributed by atoms with E-state index in [2.05, 4.69) is 0 Å². The fraction of sp³-hybridized carbons (Fsp3) is 0.417. The number of carbonyl (C=O) groups excluding carboxylic acids is 1. The van der Waals surface area contributed by atoms with Gasteiger partial charge < -0.3 is 10.0 Å². The number of aliphatic hydroxyl groups excluding tert-OH is 1. The maximum Gasteiger partial charge on any atom is 0.417 e. The van der Waals surface area contributed by atoms with Crippen molar-refractivity contribution in [1.82, 2.24) is 0 Å². The molecule has 0 aliphatic carbocycles. The van der Waals surface area contributed by atoms with E-state index in [0.29, 0.717) is 25.2 Å². The molecule has 0 saturated carbocycles. The Morgan fingerprint density at radius 2 is 2.11 bits per heavy atom. The molecular formula is C12H12F3NO2. The number of aldehydes is 1. The smallest absolute Gasteiger partial charge is 0.391 e. The summed E-state index contributed by atoms with van der Waals surface area (Å²) in [4.78, 5) is 12.3. The van der Waals surface area contributed by atoms with Gasteiger partial charge in [-0.2, -0.15) is 13.2 Å². The number of alkyl halides is 3. The van der Waals surface area contributed by atoms with Gasteiger partial charge in [0, 0.05) is 24.3 Å². The predicted octanol–water partition coefficient (Wildman–Crippen LogP) is 2.09. The molecule has 1 heterocycles. The zero-order valence-corrected chi connectivity index (χ0v) is 9.44. The number of β-amino-alcohol motifs (C(OH)–C–C–N with tert-alkyl or cyclic N) is 1. The van der Waals surface area contributed by atoms with Crippen LogP contribution in [0.5, 0.6) is 0 Å². The quantitative estimate of drug-likeness (QED) is 0.827. The second-order valence-electron chi connectivity index (χ2n) is 4.28. The predicted molar refractivity (Wildman–Crippen MR) is 59.7 cm³/mol. The van der Waals surface area contributed by atoms with Crippen LogP contribution >= 0.6 is 0 Å². The molecule has 98 valence electrons. The largest absolute Gasteiger partial charge is 0.417 e. The lowest BCUT2D eigenvalue weighted by Crippen LogP contribution is -2.22. The molecule has 1 fully saturated rings. The number of hydrogen-bond acceptors (Lipinski definition) is 3. The zero-order valence-electron chi connectivity index (χ0n) is 9.44. The van der Waals surface area contributed by atoms with Gasteiger partial charge in [0.25, 0.3) is 0 Å². The number of anilines is 1. The lowest BCUT2D eigenvalue weighted by molar-refractivity contribution is -0.137. The number of rotatable bonds is 2. The maximum atomic E-state index is 12.8. The molecule has 3 nitrogen and oxygen atoms in total. The standard InChI is InChI=1S/C12H12F3NO2/c13-12(14,15)11-5-9(2-1-8(11)7-17)16-4-3-10(18)6-16/h1-2,5,7,10,18H,3-4,6H2. The first-order chi connectivity index (χ1) is 8.41. The third-order valence-corrected chi connectivity index (χ3v) is 3.00. The molecule has 0 radical (unpaired) electrons. The van der Waals surface area contributed by atoms with Gasteiger partial charge in [0.15, 0.2) is 6.29 Å². The highest BCUT2D eigenvalue weighted by Crippen LogP contribution is 2.34. The molecule has 18 heavy (non-hydrogen) atoms. The Morgan fingerprint density at radius 3 is 2.61 bits per heavy atom. The molecule has 1 N–H and O–H groups in total. The molecule has 1 aliphatic heterocycles. The Balaban J connectivity index is 2.37. The molecule has 0 spiro atoms. The molecule has 6 heteroatoms. The molecule has 0 aromatic heterocycles. The van der Waals surface area contributed by atoms with Gasteiger partial charge in [-0.05, 0) is 24.6 Å². The van der Waals surface area contributed by atoms with Crippen LogP contribution in [-0.4, -0.2) is 30.6 Å². The first-order valence-corrected chi connectivity index (χ1v) is 5.51. The minimum absolute atomic E-state index is 0.200. The molecule has 1 aromatic rings. The van der Waals surface area contributed by atoms with Crippen molar-refractivity contribution in [3.8, 4) is 0 Å². The van der Waals surface area contributed by atoms with E-state index in [4.69, 9.17) is 0 Å². The highest BCUT2D eigenvalue weighted by molar-refractivity contribution is 5.79. The Morgan fingerprint density at radius 1 is 1.39 bits per heavy atom. The summed E-state index contributed by atoms with van der Waals surface area (Å²) >= 11 is 0. The normalized spacial score (nSPS) is 20.2. The number of halogens is 3. The number of hydrogen-bond donors (Lipinski definition) is 1. The van der Waals surface area contributed by atoms with Crippen molar-refractivity contribution in [3.05, 3.63) is 29.3 Å². The van der Waals surface area contributed by atoms with Gasteiger partial charge in [0.1, 0.15) is 0 Å². The Kier molecular flexibility index (Phi) is 3.30. The molecule has 1 atom stereocenters. The minimum Gasteiger partial charge on any atom is -0.391 e. The summed E-state index contributed by atoms with van der Waals surface area (Å²) in [6.07, 6.45) is -4.32. The second kappa shape index (κ2) is 4.61. The Bertz CT molecular complexity index is 459. The highest BCUT2D eigenvalue weighted by atomic mass is 19.4. The molecule has 1 saturated heterocycles. The van der Waals surface area contributed by atoms with Crippen molar-refractivity contribution in [2.75, 3.05) is 18.0 Å². The van der Waals surface area contributed by atoms with E-state index >= 15 is 0 Å². The molecule has 1 aromatic carbocycles. The van der Waals surface area contributed by atoms with Crippen LogP contribution in [0.2, 0.25) is 0 Å². The summed E-state index contributed by atoms with van der Waals surface area (Å²) in [6, 6.07) is 3.59. The summed E-state index contributed by atoms with van der Waals surface area (Å²) in [5, 5.41) is 9.37. The fourth-order valence-corrected chi connectivity index (χ4v) is 2.07. The summed E-state index contributed by atoms with van der Waals surface area (Å²) in [7, 11) is 0. The number of nitrogens with zero attached hydrogens (tertiary/aromatic N) is 1. The summed E-state index contributed by atoms with van der Waals surface area (Å²) in [5.41, 5.74) is -0.924. The third-order valence-electron chi connectivity index (χ3n) is 3.00. The summed E-state index contributed by atoms with van der Waals surface area (Å²) < 4.78 is 38.3. The van der Waals surface area contributed by atoms with Crippen molar-refractivity contribution < 1.29 is 23.1 Å². The van der Waals surface area contributed by atoms with Crippen molar-refractivity contribution in [1.29, 1.82) is 0 Å². The lowest BCUT2D eigenvalue weighted by atomic mass is 10.1. The van der Waals surface area contributed by atoms with Crippen molar-refractivity contribution in [2.24, 2.45) is 0 Å². The van der Waals surface area contributed by atoms with Crippen LogP contribution in [-0.2, 0) is 6.18 Å². The number of aliphatic hydroxyl groups is 1. The van der Waals surface area contributed by atoms with E-state index in [0.717, 1.165) is 12.1 Å². The first-order valence-electron chi connectivity index (χ1n) is 5.51. The summed E-state index contributed by atoms with van der Waals surface area (Å²) in [6.45, 7) is 0.830. The average molecular weight is 259 g/mol. The van der Waals surface area contributed by atoms with Crippen LogP contribution in [0.1, 0.15) is 22.3 Å². The van der Waals surface area contributed by atoms with Crippen LogP contribution in [0, 0.1) is 0 Å². The Hall–Kier alpha value is -1.56. The van der Waals surface area contributed by atoms with E-state index < -0.39 is 17.8 Å². The van der Waals surface area contributed by atoms with E-state index in [1.54, 1.807) is 4.90 Å². The monoisotopic (exact) mass is 259 g/mol. The molecular weight excluding hydrogens is 247 g/mol. The summed E-state index contributed by atoms with van der Waals surface area (Å²) in [5.74, 6) is 0. The van der Waals surface area contributed by atoms with Gasteiger partial charge in [-0.25, -0.2) is 0 Å². The van der Waals surface area contributed by atoms with Crippen LogP contribution in [0.25, 0.3) is 0 Å². The van der Waals surface area contributed by atoms with Gasteiger partial charge in [-0.3, -0.25) is 4.79 Å². The SMILES string of the molecule is O=Cc1ccc(N2CCC(O)C2)cc1C(F)(F)F. The fourth-order valence-electron chi connectivity index (χ4n) is 2.07. The van der Waals surface area contributed by atoms with Gasteiger partial charge in [0.2, 0.25) is 0 Å². The van der Waals surface area contributed by atoms with Crippen LogP contribution in [0.4, 0.5) is 18.9 Å². The molecule has 0 amide bonds. The molecule has 1 unspecified atom stereocenters. The van der Waals surface area contributed by atoms with Crippen molar-refractivity contribution in [2.45, 2.75) is 18.7 Å². The number of benzene rings is 1. The van der Waals surface area contributed by atoms with Crippen molar-refractivity contribution in [3.63, 3.8) is 0 Å². The topological polar surface area (TPSA) is 40.5 Å². The van der Waals surface area contributed by atoms with E-state index in [1.165, 1.54) is 6.07 Å². The zero-order chi connectivity index (χ0) is 13.3. The van der Waals surface area contributed by atoms with Crippen LogP contribution in [0.15, 0.2) is 18.2 Å².